The monoisotopic (exact) mass is 233 g/mol. The van der Waals surface area contributed by atoms with E-state index in [4.69, 9.17) is 16.7 Å². The molecule has 15 heavy (non-hydrogen) atoms. The molecule has 1 heterocycles. The maximum Gasteiger partial charge on any atom is 0.326 e. The van der Waals surface area contributed by atoms with E-state index in [1.807, 2.05) is 6.92 Å². The molecule has 0 saturated carbocycles. The summed E-state index contributed by atoms with van der Waals surface area (Å²) in [5.74, 6) is -0.472. The first-order valence-electron chi connectivity index (χ1n) is 5.18. The zero-order valence-corrected chi connectivity index (χ0v) is 9.54. The van der Waals surface area contributed by atoms with Gasteiger partial charge in [0.1, 0.15) is 6.04 Å². The van der Waals surface area contributed by atoms with Gasteiger partial charge in [-0.05, 0) is 12.3 Å². The number of amides is 1. The Balaban J connectivity index is 2.68. The van der Waals surface area contributed by atoms with Gasteiger partial charge in [0, 0.05) is 18.8 Å². The second kappa shape index (κ2) is 5.35. The van der Waals surface area contributed by atoms with E-state index in [-0.39, 0.29) is 11.8 Å². The SMILES string of the molecule is CCCC(C(=O)O)N1CC(CCl)CC1=O. The first-order chi connectivity index (χ1) is 7.10. The van der Waals surface area contributed by atoms with Crippen molar-refractivity contribution in [3.63, 3.8) is 0 Å². The lowest BCUT2D eigenvalue weighted by atomic mass is 10.1. The Morgan fingerprint density at radius 2 is 2.40 bits per heavy atom. The second-order valence-electron chi connectivity index (χ2n) is 3.91. The largest absolute Gasteiger partial charge is 0.480 e. The zero-order valence-electron chi connectivity index (χ0n) is 8.78. The molecule has 2 atom stereocenters. The van der Waals surface area contributed by atoms with Gasteiger partial charge in [0.25, 0.3) is 0 Å². The fourth-order valence-corrected chi connectivity index (χ4v) is 2.11. The molecule has 86 valence electrons. The first kappa shape index (κ1) is 12.3. The van der Waals surface area contributed by atoms with Gasteiger partial charge in [-0.15, -0.1) is 11.6 Å². The summed E-state index contributed by atoms with van der Waals surface area (Å²) in [6.45, 7) is 2.40. The fraction of sp³-hybridized carbons (Fsp3) is 0.800. The third-order valence-corrected chi connectivity index (χ3v) is 3.12. The summed E-state index contributed by atoms with van der Waals surface area (Å²) in [6, 6.07) is -0.671. The highest BCUT2D eigenvalue weighted by atomic mass is 35.5. The van der Waals surface area contributed by atoms with E-state index in [0.29, 0.717) is 25.3 Å². The van der Waals surface area contributed by atoms with Crippen molar-refractivity contribution >= 4 is 23.5 Å². The molecule has 2 unspecified atom stereocenters. The molecule has 1 rings (SSSR count). The van der Waals surface area contributed by atoms with Crippen molar-refractivity contribution in [2.24, 2.45) is 5.92 Å². The molecule has 5 heteroatoms. The molecule has 1 N–H and O–H groups in total. The third kappa shape index (κ3) is 2.84. The number of nitrogens with zero attached hydrogens (tertiary/aromatic N) is 1. The van der Waals surface area contributed by atoms with Crippen molar-refractivity contribution < 1.29 is 14.7 Å². The lowest BCUT2D eigenvalue weighted by Gasteiger charge is -2.24. The number of rotatable bonds is 5. The zero-order chi connectivity index (χ0) is 11.4. The molecule has 0 radical (unpaired) electrons. The van der Waals surface area contributed by atoms with Crippen LogP contribution >= 0.6 is 11.6 Å². The minimum atomic E-state index is -0.916. The molecule has 0 aromatic heterocycles. The topological polar surface area (TPSA) is 57.6 Å². The number of hydrogen-bond donors (Lipinski definition) is 1. The highest BCUT2D eigenvalue weighted by Gasteiger charge is 2.36. The Morgan fingerprint density at radius 3 is 2.80 bits per heavy atom. The van der Waals surface area contributed by atoms with E-state index in [9.17, 15) is 9.59 Å². The van der Waals surface area contributed by atoms with Crippen LogP contribution < -0.4 is 0 Å². The van der Waals surface area contributed by atoms with Gasteiger partial charge in [-0.1, -0.05) is 13.3 Å². The van der Waals surface area contributed by atoms with Gasteiger partial charge in [0.05, 0.1) is 0 Å². The molecule has 1 fully saturated rings. The Bertz CT molecular complexity index is 257. The van der Waals surface area contributed by atoms with Crippen LogP contribution in [0.15, 0.2) is 0 Å². The molecule has 1 saturated heterocycles. The number of carbonyl (C=O) groups excluding carboxylic acids is 1. The fourth-order valence-electron chi connectivity index (χ4n) is 1.90. The third-order valence-electron chi connectivity index (χ3n) is 2.68. The van der Waals surface area contributed by atoms with Crippen molar-refractivity contribution in [1.29, 1.82) is 0 Å². The summed E-state index contributed by atoms with van der Waals surface area (Å²) in [4.78, 5) is 24.0. The predicted octanol–water partition coefficient (Wildman–Crippen LogP) is 1.33. The Morgan fingerprint density at radius 1 is 1.73 bits per heavy atom. The van der Waals surface area contributed by atoms with Crippen LogP contribution in [-0.4, -0.2) is 40.3 Å². The molecule has 0 aliphatic carbocycles. The minimum absolute atomic E-state index is 0.0819. The molecule has 1 aliphatic heterocycles. The van der Waals surface area contributed by atoms with Crippen LogP contribution in [0.1, 0.15) is 26.2 Å². The predicted molar refractivity (Wildman–Crippen MR) is 56.9 cm³/mol. The summed E-state index contributed by atoms with van der Waals surface area (Å²) in [6.07, 6.45) is 1.65. The highest BCUT2D eigenvalue weighted by molar-refractivity contribution is 6.18. The van der Waals surface area contributed by atoms with Gasteiger partial charge in [-0.3, -0.25) is 4.79 Å². The number of halogens is 1. The molecule has 0 spiro atoms. The van der Waals surface area contributed by atoms with Crippen LogP contribution in [0.3, 0.4) is 0 Å². The minimum Gasteiger partial charge on any atom is -0.480 e. The van der Waals surface area contributed by atoms with Crippen LogP contribution in [0.2, 0.25) is 0 Å². The summed E-state index contributed by atoms with van der Waals surface area (Å²) in [5.41, 5.74) is 0. The van der Waals surface area contributed by atoms with Crippen LogP contribution in [0.4, 0.5) is 0 Å². The quantitative estimate of drug-likeness (QED) is 0.729. The maximum atomic E-state index is 11.6. The molecule has 0 aromatic carbocycles. The smallest absolute Gasteiger partial charge is 0.326 e. The molecule has 4 nitrogen and oxygen atoms in total. The van der Waals surface area contributed by atoms with Crippen molar-refractivity contribution in [3.05, 3.63) is 0 Å². The number of carboxylic acid groups (broad SMARTS) is 1. The summed E-state index contributed by atoms with van der Waals surface area (Å²) >= 11 is 5.67. The molecule has 1 amide bonds. The lowest BCUT2D eigenvalue weighted by molar-refractivity contribution is -0.148. The van der Waals surface area contributed by atoms with Crippen molar-refractivity contribution in [2.75, 3.05) is 12.4 Å². The summed E-state index contributed by atoms with van der Waals surface area (Å²) in [7, 11) is 0. The van der Waals surface area contributed by atoms with Crippen LogP contribution in [0.5, 0.6) is 0 Å². The molecular weight excluding hydrogens is 218 g/mol. The number of carbonyl (C=O) groups is 2. The first-order valence-corrected chi connectivity index (χ1v) is 5.71. The Labute approximate surface area is 94.2 Å². The van der Waals surface area contributed by atoms with Crippen molar-refractivity contribution in [1.82, 2.24) is 4.90 Å². The standard InChI is InChI=1S/C10H16ClNO3/c1-2-3-8(10(14)15)12-6-7(5-11)4-9(12)13/h7-8H,2-6H2,1H3,(H,14,15). The number of alkyl halides is 1. The Hall–Kier alpha value is -0.770. The van der Waals surface area contributed by atoms with E-state index in [0.717, 1.165) is 6.42 Å². The second-order valence-corrected chi connectivity index (χ2v) is 4.22. The van der Waals surface area contributed by atoms with Gasteiger partial charge >= 0.3 is 5.97 Å². The normalized spacial score (nSPS) is 23.2. The molecule has 0 aromatic rings. The lowest BCUT2D eigenvalue weighted by Crippen LogP contribution is -2.42. The number of hydrogen-bond acceptors (Lipinski definition) is 2. The van der Waals surface area contributed by atoms with Crippen LogP contribution in [0.25, 0.3) is 0 Å². The average molecular weight is 234 g/mol. The van der Waals surface area contributed by atoms with Gasteiger partial charge in [-0.25, -0.2) is 4.79 Å². The maximum absolute atomic E-state index is 11.6. The molecule has 0 bridgehead atoms. The molecular formula is C10H16ClNO3. The Kier molecular flexibility index (Phi) is 4.39. The number of aliphatic carboxylic acids is 1. The number of carboxylic acids is 1. The van der Waals surface area contributed by atoms with Crippen LogP contribution in [0, 0.1) is 5.92 Å². The summed E-state index contributed by atoms with van der Waals surface area (Å²) in [5, 5.41) is 9.01. The van der Waals surface area contributed by atoms with E-state index >= 15 is 0 Å². The molecule has 1 aliphatic rings. The van der Waals surface area contributed by atoms with Gasteiger partial charge in [0.15, 0.2) is 0 Å². The van der Waals surface area contributed by atoms with E-state index in [2.05, 4.69) is 0 Å². The van der Waals surface area contributed by atoms with Crippen molar-refractivity contribution in [3.8, 4) is 0 Å². The van der Waals surface area contributed by atoms with E-state index < -0.39 is 12.0 Å². The van der Waals surface area contributed by atoms with Crippen LogP contribution in [-0.2, 0) is 9.59 Å². The van der Waals surface area contributed by atoms with Gasteiger partial charge in [0.2, 0.25) is 5.91 Å². The summed E-state index contributed by atoms with van der Waals surface area (Å²) < 4.78 is 0. The van der Waals surface area contributed by atoms with E-state index in [1.54, 1.807) is 0 Å². The highest BCUT2D eigenvalue weighted by Crippen LogP contribution is 2.23. The van der Waals surface area contributed by atoms with Crippen molar-refractivity contribution in [2.45, 2.75) is 32.2 Å². The van der Waals surface area contributed by atoms with E-state index in [1.165, 1.54) is 4.90 Å². The average Bonchev–Trinajstić information content (AvgIpc) is 2.55. The number of likely N-dealkylation sites (tertiary alicyclic amines) is 1. The van der Waals surface area contributed by atoms with Gasteiger partial charge in [-0.2, -0.15) is 0 Å². The van der Waals surface area contributed by atoms with Gasteiger partial charge < -0.3 is 10.0 Å².